The lowest BCUT2D eigenvalue weighted by Gasteiger charge is -2.28. The topological polar surface area (TPSA) is 32.7 Å². The number of hydrogen-bond donors (Lipinski definition) is 1. The van der Waals surface area contributed by atoms with Crippen LogP contribution in [0.5, 0.6) is 0 Å². The Hall–Kier alpha value is -0.680. The van der Waals surface area contributed by atoms with E-state index in [1.54, 1.807) is 0 Å². The van der Waals surface area contributed by atoms with Crippen molar-refractivity contribution in [1.82, 2.24) is 4.90 Å². The second-order valence-electron chi connectivity index (χ2n) is 4.87. The summed E-state index contributed by atoms with van der Waals surface area (Å²) in [7, 11) is 2.04. The molecule has 1 heterocycles. The molecule has 1 aromatic rings. The molecule has 0 aliphatic carbocycles. The molecule has 1 aliphatic rings. The second kappa shape index (κ2) is 7.20. The summed E-state index contributed by atoms with van der Waals surface area (Å²) in [6.07, 6.45) is 3.24. The van der Waals surface area contributed by atoms with Gasteiger partial charge in [0.2, 0.25) is 0 Å². The number of likely N-dealkylation sites (N-methyl/N-ethyl adjacent to an activating group) is 1. The normalized spacial score (nSPS) is 17.4. The van der Waals surface area contributed by atoms with Crippen molar-refractivity contribution >= 4 is 15.9 Å². The molecule has 0 bridgehead atoms. The van der Waals surface area contributed by atoms with Crippen LogP contribution in [0.4, 0.5) is 0 Å². The molecule has 2 rings (SSSR count). The minimum Gasteiger partial charge on any atom is -0.394 e. The fraction of sp³-hybridized carbons (Fsp3) is 0.467. The van der Waals surface area contributed by atoms with Crippen LogP contribution in [0.15, 0.2) is 40.4 Å². The standard InChI is InChI=1S/C15H20BrNO2/c1-17(9-12-4-3-7-19-11-12)15(10-18)13-5-2-6-14(16)8-13/h2,4-6,8,15,18H,3,7,9-11H2,1H3. The van der Waals surface area contributed by atoms with E-state index in [4.69, 9.17) is 4.74 Å². The minimum atomic E-state index is 0.0142. The molecule has 19 heavy (non-hydrogen) atoms. The summed E-state index contributed by atoms with van der Waals surface area (Å²) >= 11 is 3.48. The molecular weight excluding hydrogens is 306 g/mol. The van der Waals surface area contributed by atoms with E-state index in [0.717, 1.165) is 29.6 Å². The summed E-state index contributed by atoms with van der Waals surface area (Å²) in [5.41, 5.74) is 2.42. The molecule has 0 aromatic heterocycles. The number of benzene rings is 1. The maximum Gasteiger partial charge on any atom is 0.0689 e. The number of aliphatic hydroxyl groups is 1. The smallest absolute Gasteiger partial charge is 0.0689 e. The van der Waals surface area contributed by atoms with Gasteiger partial charge >= 0.3 is 0 Å². The first-order valence-corrected chi connectivity index (χ1v) is 7.32. The van der Waals surface area contributed by atoms with Crippen LogP contribution in [-0.4, -0.2) is 43.4 Å². The lowest BCUT2D eigenvalue weighted by atomic mass is 10.1. The van der Waals surface area contributed by atoms with Gasteiger partial charge < -0.3 is 9.84 Å². The summed E-state index contributed by atoms with van der Waals surface area (Å²) in [6, 6.07) is 8.12. The van der Waals surface area contributed by atoms with Crippen molar-refractivity contribution in [2.45, 2.75) is 12.5 Å². The molecule has 104 valence electrons. The number of hydrogen-bond acceptors (Lipinski definition) is 3. The molecule has 1 aliphatic heterocycles. The Morgan fingerprint density at radius 1 is 1.47 bits per heavy atom. The summed E-state index contributed by atoms with van der Waals surface area (Å²) in [5.74, 6) is 0. The van der Waals surface area contributed by atoms with Crippen molar-refractivity contribution < 1.29 is 9.84 Å². The number of nitrogens with zero attached hydrogens (tertiary/aromatic N) is 1. The predicted molar refractivity (Wildman–Crippen MR) is 80.1 cm³/mol. The Bertz CT molecular complexity index is 448. The highest BCUT2D eigenvalue weighted by molar-refractivity contribution is 9.10. The van der Waals surface area contributed by atoms with E-state index in [-0.39, 0.29) is 12.6 Å². The molecule has 3 nitrogen and oxygen atoms in total. The van der Waals surface area contributed by atoms with Crippen molar-refractivity contribution in [1.29, 1.82) is 0 Å². The SMILES string of the molecule is CN(CC1=CCCOC1)C(CO)c1cccc(Br)c1. The molecule has 0 saturated heterocycles. The van der Waals surface area contributed by atoms with Gasteiger partial charge in [0.25, 0.3) is 0 Å². The van der Waals surface area contributed by atoms with Crippen molar-refractivity contribution in [3.05, 3.63) is 46.0 Å². The van der Waals surface area contributed by atoms with Crippen LogP contribution >= 0.6 is 15.9 Å². The number of rotatable bonds is 5. The maximum atomic E-state index is 9.66. The van der Waals surface area contributed by atoms with Crippen molar-refractivity contribution in [2.24, 2.45) is 0 Å². The number of aliphatic hydroxyl groups excluding tert-OH is 1. The number of halogens is 1. The van der Waals surface area contributed by atoms with Crippen LogP contribution in [0.3, 0.4) is 0 Å². The zero-order valence-electron chi connectivity index (χ0n) is 11.2. The molecule has 0 saturated carbocycles. The van der Waals surface area contributed by atoms with Crippen LogP contribution in [0.1, 0.15) is 18.0 Å². The molecule has 1 aromatic carbocycles. The van der Waals surface area contributed by atoms with Gasteiger partial charge in [0, 0.05) is 11.0 Å². The Balaban J connectivity index is 2.06. The molecule has 0 amide bonds. The molecular formula is C15H20BrNO2. The van der Waals surface area contributed by atoms with Gasteiger partial charge in [-0.1, -0.05) is 34.1 Å². The Morgan fingerprint density at radius 3 is 2.95 bits per heavy atom. The van der Waals surface area contributed by atoms with E-state index < -0.39 is 0 Å². The fourth-order valence-corrected chi connectivity index (χ4v) is 2.78. The van der Waals surface area contributed by atoms with Gasteiger partial charge in [-0.05, 0) is 36.7 Å². The fourth-order valence-electron chi connectivity index (χ4n) is 2.36. The van der Waals surface area contributed by atoms with Gasteiger partial charge in [0.1, 0.15) is 0 Å². The Kier molecular flexibility index (Phi) is 5.58. The van der Waals surface area contributed by atoms with E-state index in [0.29, 0.717) is 6.61 Å². The second-order valence-corrected chi connectivity index (χ2v) is 5.79. The molecule has 0 radical (unpaired) electrons. The summed E-state index contributed by atoms with van der Waals surface area (Å²) in [4.78, 5) is 2.17. The third-order valence-corrected chi connectivity index (χ3v) is 3.87. The van der Waals surface area contributed by atoms with E-state index in [9.17, 15) is 5.11 Å². The average molecular weight is 326 g/mol. The van der Waals surface area contributed by atoms with Gasteiger partial charge in [-0.2, -0.15) is 0 Å². The summed E-state index contributed by atoms with van der Waals surface area (Å²) in [5, 5.41) is 9.66. The maximum absolute atomic E-state index is 9.66. The van der Waals surface area contributed by atoms with Gasteiger partial charge in [-0.25, -0.2) is 0 Å². The largest absolute Gasteiger partial charge is 0.394 e. The van der Waals surface area contributed by atoms with E-state index in [1.165, 1.54) is 5.57 Å². The molecule has 1 atom stereocenters. The summed E-state index contributed by atoms with van der Waals surface area (Å²) in [6.45, 7) is 2.47. The van der Waals surface area contributed by atoms with Gasteiger partial charge in [0.15, 0.2) is 0 Å². The molecule has 1 N–H and O–H groups in total. The molecule has 4 heteroatoms. The molecule has 0 spiro atoms. The summed E-state index contributed by atoms with van der Waals surface area (Å²) < 4.78 is 6.50. The molecule has 1 unspecified atom stereocenters. The monoisotopic (exact) mass is 325 g/mol. The lowest BCUT2D eigenvalue weighted by Crippen LogP contribution is -2.30. The van der Waals surface area contributed by atoms with E-state index in [1.807, 2.05) is 25.2 Å². The first-order chi connectivity index (χ1) is 9.20. The Labute approximate surface area is 123 Å². The van der Waals surface area contributed by atoms with Gasteiger partial charge in [0.05, 0.1) is 25.9 Å². The predicted octanol–water partition coefficient (Wildman–Crippen LogP) is 2.76. The van der Waals surface area contributed by atoms with Crippen molar-refractivity contribution in [3.63, 3.8) is 0 Å². The van der Waals surface area contributed by atoms with Gasteiger partial charge in [-0.3, -0.25) is 4.90 Å². The van der Waals surface area contributed by atoms with Crippen LogP contribution in [0.25, 0.3) is 0 Å². The highest BCUT2D eigenvalue weighted by Crippen LogP contribution is 2.23. The van der Waals surface area contributed by atoms with Crippen LogP contribution in [0, 0.1) is 0 Å². The van der Waals surface area contributed by atoms with Crippen LogP contribution < -0.4 is 0 Å². The minimum absolute atomic E-state index is 0.0142. The Morgan fingerprint density at radius 2 is 2.32 bits per heavy atom. The molecule has 0 fully saturated rings. The highest BCUT2D eigenvalue weighted by Gasteiger charge is 2.18. The van der Waals surface area contributed by atoms with Gasteiger partial charge in [-0.15, -0.1) is 0 Å². The zero-order chi connectivity index (χ0) is 13.7. The third kappa shape index (κ3) is 4.14. The first-order valence-electron chi connectivity index (χ1n) is 6.53. The zero-order valence-corrected chi connectivity index (χ0v) is 12.8. The van der Waals surface area contributed by atoms with Crippen LogP contribution in [0.2, 0.25) is 0 Å². The van der Waals surface area contributed by atoms with Crippen molar-refractivity contribution in [2.75, 3.05) is 33.4 Å². The third-order valence-electron chi connectivity index (χ3n) is 3.37. The average Bonchev–Trinajstić information content (AvgIpc) is 2.41. The van der Waals surface area contributed by atoms with E-state index in [2.05, 4.69) is 33.0 Å². The number of ether oxygens (including phenoxy) is 1. The quantitative estimate of drug-likeness (QED) is 0.845. The van der Waals surface area contributed by atoms with Crippen LogP contribution in [-0.2, 0) is 4.74 Å². The first kappa shape index (κ1) is 14.7. The van der Waals surface area contributed by atoms with Crippen molar-refractivity contribution in [3.8, 4) is 0 Å². The highest BCUT2D eigenvalue weighted by atomic mass is 79.9. The van der Waals surface area contributed by atoms with E-state index >= 15 is 0 Å². The lowest BCUT2D eigenvalue weighted by molar-refractivity contribution is 0.126.